The number of esters is 1. The minimum atomic E-state index is -0.683. The zero-order valence-electron chi connectivity index (χ0n) is 22.1. The highest BCUT2D eigenvalue weighted by atomic mass is 16.5. The normalized spacial score (nSPS) is 10.7. The van der Waals surface area contributed by atoms with Crippen LogP contribution in [-0.2, 0) is 24.4 Å². The zero-order chi connectivity index (χ0) is 27.8. The van der Waals surface area contributed by atoms with Crippen LogP contribution < -0.4 is 20.5 Å². The second-order valence-electron chi connectivity index (χ2n) is 8.72. The van der Waals surface area contributed by atoms with Crippen LogP contribution in [0.25, 0.3) is 0 Å². The van der Waals surface area contributed by atoms with Crippen molar-refractivity contribution in [3.63, 3.8) is 0 Å². The summed E-state index contributed by atoms with van der Waals surface area (Å²) in [5.74, 6) is 0.318. The Balaban J connectivity index is 1.50. The molecule has 0 atom stereocenters. The van der Waals surface area contributed by atoms with Gasteiger partial charge in [-0.3, -0.25) is 4.79 Å². The van der Waals surface area contributed by atoms with Crippen LogP contribution in [0.15, 0.2) is 66.7 Å². The van der Waals surface area contributed by atoms with E-state index in [2.05, 4.69) is 15.6 Å². The van der Waals surface area contributed by atoms with Crippen LogP contribution in [0.2, 0.25) is 0 Å². The van der Waals surface area contributed by atoms with Crippen LogP contribution in [0.5, 0.6) is 11.5 Å². The summed E-state index contributed by atoms with van der Waals surface area (Å²) in [5.41, 5.74) is 9.51. The number of aromatic nitrogens is 3. The van der Waals surface area contributed by atoms with Crippen LogP contribution in [0, 0.1) is 0 Å². The van der Waals surface area contributed by atoms with Crippen LogP contribution >= 0.6 is 0 Å². The summed E-state index contributed by atoms with van der Waals surface area (Å²) in [4.78, 5) is 26.3. The third-order valence-corrected chi connectivity index (χ3v) is 6.09. The van der Waals surface area contributed by atoms with E-state index in [0.717, 1.165) is 22.4 Å². The molecule has 0 aliphatic carbocycles. The summed E-state index contributed by atoms with van der Waals surface area (Å²) in [7, 11) is 3.22. The summed E-state index contributed by atoms with van der Waals surface area (Å²) in [6.07, 6.45) is 0. The fraction of sp³-hybridized carbons (Fsp3) is 0.241. The molecule has 10 nitrogen and oxygen atoms in total. The van der Waals surface area contributed by atoms with E-state index in [0.29, 0.717) is 18.8 Å². The molecule has 1 aromatic heterocycles. The van der Waals surface area contributed by atoms with E-state index in [1.54, 1.807) is 45.4 Å². The second-order valence-corrected chi connectivity index (χ2v) is 8.72. The minimum Gasteiger partial charge on any atom is -0.497 e. The van der Waals surface area contributed by atoms with Crippen molar-refractivity contribution in [1.29, 1.82) is 0 Å². The number of hydrogen-bond donors (Lipinski definition) is 2. The number of rotatable bonds is 12. The summed E-state index contributed by atoms with van der Waals surface area (Å²) >= 11 is 0. The number of benzene rings is 3. The highest BCUT2D eigenvalue weighted by Crippen LogP contribution is 2.22. The molecule has 0 aliphatic rings. The Hall–Kier alpha value is -4.70. The topological polar surface area (TPSA) is 131 Å². The van der Waals surface area contributed by atoms with Gasteiger partial charge in [0.15, 0.2) is 11.4 Å². The molecule has 39 heavy (non-hydrogen) atoms. The summed E-state index contributed by atoms with van der Waals surface area (Å²) in [5, 5.41) is 11.5. The monoisotopic (exact) mass is 529 g/mol. The van der Waals surface area contributed by atoms with Gasteiger partial charge in [-0.05, 0) is 60.0 Å². The lowest BCUT2D eigenvalue weighted by atomic mass is 10.0. The van der Waals surface area contributed by atoms with Crippen molar-refractivity contribution in [2.75, 3.05) is 26.6 Å². The maximum Gasteiger partial charge on any atom is 0.359 e. The summed E-state index contributed by atoms with van der Waals surface area (Å²) in [6.45, 7) is 3.26. The molecular weight excluding hydrogens is 498 g/mol. The van der Waals surface area contributed by atoms with Crippen LogP contribution in [0.4, 0.5) is 5.69 Å². The molecule has 0 amide bonds. The van der Waals surface area contributed by atoms with Gasteiger partial charge in [0, 0.05) is 24.3 Å². The zero-order valence-corrected chi connectivity index (χ0v) is 22.1. The molecular formula is C29H31N5O5. The van der Waals surface area contributed by atoms with E-state index < -0.39 is 11.8 Å². The number of nitrogens with two attached hydrogens (primary N) is 1. The Morgan fingerprint density at radius 2 is 1.46 bits per heavy atom. The van der Waals surface area contributed by atoms with Crippen molar-refractivity contribution < 1.29 is 23.8 Å². The van der Waals surface area contributed by atoms with Gasteiger partial charge in [0.05, 0.1) is 27.4 Å². The first-order valence-electron chi connectivity index (χ1n) is 12.4. The molecule has 10 heteroatoms. The standard InChI is InChI=1S/C29H31N5O5/c1-4-39-29(36)27-26(32-33-34(27)18-20-7-12-23(38-3)13-8-20)28(35)24-14-9-21(15-25(24)30)17-31-16-19-5-10-22(37-2)11-6-19/h5-15,31H,4,16-18,30H2,1-3H3. The summed E-state index contributed by atoms with van der Waals surface area (Å²) in [6, 6.07) is 20.3. The molecule has 0 saturated carbocycles. The maximum absolute atomic E-state index is 13.5. The van der Waals surface area contributed by atoms with Gasteiger partial charge in [0.1, 0.15) is 11.5 Å². The van der Waals surface area contributed by atoms with Gasteiger partial charge in [0.2, 0.25) is 5.78 Å². The first-order valence-corrected chi connectivity index (χ1v) is 12.4. The Labute approximate surface area is 226 Å². The number of ketones is 1. The number of hydrogen-bond acceptors (Lipinski definition) is 9. The molecule has 0 spiro atoms. The number of anilines is 1. The predicted molar refractivity (Wildman–Crippen MR) is 146 cm³/mol. The van der Waals surface area contributed by atoms with Gasteiger partial charge in [-0.15, -0.1) is 5.10 Å². The minimum absolute atomic E-state index is 0.0256. The lowest BCUT2D eigenvalue weighted by molar-refractivity contribution is 0.0509. The Morgan fingerprint density at radius 1 is 0.872 bits per heavy atom. The number of nitrogens with zero attached hydrogens (tertiary/aromatic N) is 3. The molecule has 3 aromatic carbocycles. The predicted octanol–water partition coefficient (Wildman–Crippen LogP) is 3.62. The molecule has 1 heterocycles. The maximum atomic E-state index is 13.5. The molecule has 0 saturated heterocycles. The van der Waals surface area contributed by atoms with E-state index >= 15 is 0 Å². The molecule has 0 aliphatic heterocycles. The van der Waals surface area contributed by atoms with Crippen molar-refractivity contribution in [2.45, 2.75) is 26.6 Å². The fourth-order valence-corrected chi connectivity index (χ4v) is 4.03. The smallest absolute Gasteiger partial charge is 0.359 e. The number of nitrogen functional groups attached to an aromatic ring is 1. The molecule has 0 bridgehead atoms. The van der Waals surface area contributed by atoms with Gasteiger partial charge >= 0.3 is 5.97 Å². The molecule has 202 valence electrons. The third-order valence-electron chi connectivity index (χ3n) is 6.09. The van der Waals surface area contributed by atoms with Crippen LogP contribution in [0.1, 0.15) is 50.2 Å². The van der Waals surface area contributed by atoms with Crippen molar-refractivity contribution in [1.82, 2.24) is 20.3 Å². The average Bonchev–Trinajstić information content (AvgIpc) is 3.37. The van der Waals surface area contributed by atoms with Gasteiger partial charge in [0.25, 0.3) is 0 Å². The molecule has 0 unspecified atom stereocenters. The number of carbonyl (C=O) groups is 2. The van der Waals surface area contributed by atoms with Crippen molar-refractivity contribution in [2.24, 2.45) is 0 Å². The quantitative estimate of drug-likeness (QED) is 0.160. The number of ether oxygens (including phenoxy) is 3. The second kappa shape index (κ2) is 12.7. The highest BCUT2D eigenvalue weighted by Gasteiger charge is 2.28. The Kier molecular flexibility index (Phi) is 8.90. The number of methoxy groups -OCH3 is 2. The van der Waals surface area contributed by atoms with Gasteiger partial charge < -0.3 is 25.3 Å². The first kappa shape index (κ1) is 27.3. The van der Waals surface area contributed by atoms with Crippen molar-refractivity contribution in [3.8, 4) is 11.5 Å². The highest BCUT2D eigenvalue weighted by molar-refractivity contribution is 6.15. The number of carbonyl (C=O) groups excluding carboxylic acids is 2. The van der Waals surface area contributed by atoms with Crippen LogP contribution in [0.3, 0.4) is 0 Å². The largest absolute Gasteiger partial charge is 0.497 e. The van der Waals surface area contributed by atoms with Gasteiger partial charge in [-0.25, -0.2) is 9.48 Å². The lowest BCUT2D eigenvalue weighted by Gasteiger charge is -2.10. The van der Waals surface area contributed by atoms with Gasteiger partial charge in [-0.1, -0.05) is 35.5 Å². The van der Waals surface area contributed by atoms with Crippen molar-refractivity contribution in [3.05, 3.63) is 100 Å². The SMILES string of the molecule is CCOC(=O)c1c(C(=O)c2ccc(CNCc3ccc(OC)cc3)cc2N)nnn1Cc1ccc(OC)cc1. The molecule has 0 fully saturated rings. The van der Waals surface area contributed by atoms with E-state index in [4.69, 9.17) is 19.9 Å². The van der Waals surface area contributed by atoms with E-state index in [1.165, 1.54) is 4.68 Å². The van der Waals surface area contributed by atoms with Crippen LogP contribution in [-0.4, -0.2) is 47.6 Å². The number of nitrogens with one attached hydrogen (secondary N) is 1. The Morgan fingerprint density at radius 3 is 2.05 bits per heavy atom. The first-order chi connectivity index (χ1) is 18.9. The molecule has 4 rings (SSSR count). The van der Waals surface area contributed by atoms with E-state index in [1.807, 2.05) is 42.5 Å². The third kappa shape index (κ3) is 6.60. The van der Waals surface area contributed by atoms with Gasteiger partial charge in [-0.2, -0.15) is 0 Å². The summed E-state index contributed by atoms with van der Waals surface area (Å²) < 4.78 is 17.0. The Bertz CT molecular complexity index is 1430. The van der Waals surface area contributed by atoms with E-state index in [-0.39, 0.29) is 35.8 Å². The lowest BCUT2D eigenvalue weighted by Crippen LogP contribution is -2.18. The average molecular weight is 530 g/mol. The molecule has 4 aromatic rings. The van der Waals surface area contributed by atoms with Crippen molar-refractivity contribution >= 4 is 17.4 Å². The molecule has 0 radical (unpaired) electrons. The fourth-order valence-electron chi connectivity index (χ4n) is 4.03. The van der Waals surface area contributed by atoms with E-state index in [9.17, 15) is 9.59 Å². The molecule has 3 N–H and O–H groups in total.